The van der Waals surface area contributed by atoms with E-state index in [2.05, 4.69) is 0 Å². The van der Waals surface area contributed by atoms with E-state index in [0.717, 1.165) is 17.1 Å². The van der Waals surface area contributed by atoms with Gasteiger partial charge in [-0.1, -0.05) is 13.0 Å². The zero-order chi connectivity index (χ0) is 10.8. The molecule has 0 aliphatic carbocycles. The number of fused-ring (bicyclic) bond motifs is 1. The Morgan fingerprint density at radius 1 is 1.40 bits per heavy atom. The highest BCUT2D eigenvalue weighted by Gasteiger charge is 2.16. The van der Waals surface area contributed by atoms with Crippen molar-refractivity contribution in [2.24, 2.45) is 0 Å². The second-order valence-electron chi connectivity index (χ2n) is 3.92. The highest BCUT2D eigenvalue weighted by atomic mass is 16.7. The molecule has 0 spiro atoms. The van der Waals surface area contributed by atoms with Crippen molar-refractivity contribution in [3.8, 4) is 11.5 Å². The number of Topliss-reactive ketones (excluding diaryl/α,β-unsaturated/α-hetero) is 1. The lowest BCUT2D eigenvalue weighted by Gasteiger charge is -2.10. The molecule has 3 heteroatoms. The van der Waals surface area contributed by atoms with Crippen LogP contribution in [0.1, 0.15) is 31.7 Å². The summed E-state index contributed by atoms with van der Waals surface area (Å²) in [5.41, 5.74) is 1.12. The molecule has 0 saturated heterocycles. The van der Waals surface area contributed by atoms with E-state index in [1.165, 1.54) is 0 Å². The molecule has 0 radical (unpaired) electrons. The summed E-state index contributed by atoms with van der Waals surface area (Å²) < 4.78 is 10.5. The summed E-state index contributed by atoms with van der Waals surface area (Å²) in [4.78, 5) is 11.0. The summed E-state index contributed by atoms with van der Waals surface area (Å²) in [6.45, 7) is 3.95. The maximum Gasteiger partial charge on any atom is 0.231 e. The van der Waals surface area contributed by atoms with Gasteiger partial charge in [-0.05, 0) is 30.5 Å². The molecule has 15 heavy (non-hydrogen) atoms. The third-order valence-electron chi connectivity index (χ3n) is 2.56. The Hall–Kier alpha value is -1.51. The van der Waals surface area contributed by atoms with Crippen molar-refractivity contribution in [1.29, 1.82) is 0 Å². The molecule has 1 aromatic carbocycles. The Labute approximate surface area is 89.0 Å². The minimum Gasteiger partial charge on any atom is -0.454 e. The molecule has 0 bridgehead atoms. The van der Waals surface area contributed by atoms with E-state index in [1.54, 1.807) is 6.92 Å². The van der Waals surface area contributed by atoms with E-state index in [9.17, 15) is 4.79 Å². The van der Waals surface area contributed by atoms with Crippen LogP contribution in [0, 0.1) is 0 Å². The quantitative estimate of drug-likeness (QED) is 0.762. The Morgan fingerprint density at radius 3 is 2.87 bits per heavy atom. The predicted octanol–water partition coefficient (Wildman–Crippen LogP) is 2.50. The highest BCUT2D eigenvalue weighted by molar-refractivity contribution is 5.76. The topological polar surface area (TPSA) is 35.5 Å². The lowest BCUT2D eigenvalue weighted by molar-refractivity contribution is -0.117. The molecule has 0 amide bonds. The number of carbonyl (C=O) groups excluding carboxylic acids is 1. The van der Waals surface area contributed by atoms with Crippen LogP contribution in [0.25, 0.3) is 0 Å². The van der Waals surface area contributed by atoms with E-state index < -0.39 is 0 Å². The standard InChI is InChI=1S/C12H14O3/c1-8(5-9(2)13)10-3-4-11-12(6-10)15-7-14-11/h3-4,6,8H,5,7H2,1-2H3. The van der Waals surface area contributed by atoms with Gasteiger partial charge >= 0.3 is 0 Å². The van der Waals surface area contributed by atoms with Gasteiger partial charge in [-0.15, -0.1) is 0 Å². The molecule has 0 aromatic heterocycles. The molecule has 1 aliphatic heterocycles. The molecule has 2 rings (SSSR count). The van der Waals surface area contributed by atoms with Gasteiger partial charge in [0.05, 0.1) is 0 Å². The summed E-state index contributed by atoms with van der Waals surface area (Å²) >= 11 is 0. The minimum atomic E-state index is 0.208. The second kappa shape index (κ2) is 3.93. The first-order chi connectivity index (χ1) is 7.16. The Morgan fingerprint density at radius 2 is 2.13 bits per heavy atom. The number of hydrogen-bond acceptors (Lipinski definition) is 3. The summed E-state index contributed by atoms with van der Waals surface area (Å²) in [7, 11) is 0. The largest absolute Gasteiger partial charge is 0.454 e. The minimum absolute atomic E-state index is 0.208. The van der Waals surface area contributed by atoms with Crippen LogP contribution < -0.4 is 9.47 Å². The predicted molar refractivity (Wildman–Crippen MR) is 56.3 cm³/mol. The molecule has 1 unspecified atom stereocenters. The molecule has 80 valence electrons. The second-order valence-corrected chi connectivity index (χ2v) is 3.92. The van der Waals surface area contributed by atoms with Gasteiger partial charge in [0.1, 0.15) is 5.78 Å². The average molecular weight is 206 g/mol. The van der Waals surface area contributed by atoms with Crippen LogP contribution in [0.2, 0.25) is 0 Å². The molecule has 0 N–H and O–H groups in total. The van der Waals surface area contributed by atoms with Crippen LogP contribution in [0.15, 0.2) is 18.2 Å². The third-order valence-corrected chi connectivity index (χ3v) is 2.56. The first-order valence-corrected chi connectivity index (χ1v) is 5.06. The Kier molecular flexibility index (Phi) is 2.62. The maximum absolute atomic E-state index is 11.0. The molecule has 1 aromatic rings. The van der Waals surface area contributed by atoms with Crippen molar-refractivity contribution in [3.05, 3.63) is 23.8 Å². The monoisotopic (exact) mass is 206 g/mol. The highest BCUT2D eigenvalue weighted by Crippen LogP contribution is 2.35. The van der Waals surface area contributed by atoms with Gasteiger partial charge in [0.25, 0.3) is 0 Å². The lowest BCUT2D eigenvalue weighted by atomic mass is 9.96. The fourth-order valence-corrected chi connectivity index (χ4v) is 1.77. The molecule has 1 atom stereocenters. The fraction of sp³-hybridized carbons (Fsp3) is 0.417. The van der Waals surface area contributed by atoms with Gasteiger partial charge in [-0.2, -0.15) is 0 Å². The van der Waals surface area contributed by atoms with Crippen LogP contribution in [-0.2, 0) is 4.79 Å². The molecular weight excluding hydrogens is 192 g/mol. The SMILES string of the molecule is CC(=O)CC(C)c1ccc2c(c1)OCO2. The van der Waals surface area contributed by atoms with E-state index in [0.29, 0.717) is 13.2 Å². The van der Waals surface area contributed by atoms with Crippen molar-refractivity contribution in [2.45, 2.75) is 26.2 Å². The molecule has 1 heterocycles. The Balaban J connectivity index is 2.19. The van der Waals surface area contributed by atoms with E-state index in [-0.39, 0.29) is 11.7 Å². The normalized spacial score (nSPS) is 15.1. The number of ether oxygens (including phenoxy) is 2. The lowest BCUT2D eigenvalue weighted by Crippen LogP contribution is -2.00. The molecule has 1 aliphatic rings. The van der Waals surface area contributed by atoms with Gasteiger partial charge in [-0.3, -0.25) is 0 Å². The fourth-order valence-electron chi connectivity index (χ4n) is 1.77. The van der Waals surface area contributed by atoms with E-state index >= 15 is 0 Å². The zero-order valence-electron chi connectivity index (χ0n) is 8.95. The van der Waals surface area contributed by atoms with Crippen LogP contribution in [0.4, 0.5) is 0 Å². The van der Waals surface area contributed by atoms with Crippen LogP contribution in [-0.4, -0.2) is 12.6 Å². The van der Waals surface area contributed by atoms with E-state index in [4.69, 9.17) is 9.47 Å². The van der Waals surface area contributed by atoms with Crippen molar-refractivity contribution in [2.75, 3.05) is 6.79 Å². The first-order valence-electron chi connectivity index (χ1n) is 5.06. The molecule has 3 nitrogen and oxygen atoms in total. The summed E-state index contributed by atoms with van der Waals surface area (Å²) in [5.74, 6) is 2.01. The van der Waals surface area contributed by atoms with Crippen LogP contribution >= 0.6 is 0 Å². The summed E-state index contributed by atoms with van der Waals surface area (Å²) in [6, 6.07) is 5.84. The van der Waals surface area contributed by atoms with Crippen molar-refractivity contribution >= 4 is 5.78 Å². The number of rotatable bonds is 3. The van der Waals surface area contributed by atoms with Gasteiger partial charge in [0, 0.05) is 6.42 Å². The molecular formula is C12H14O3. The van der Waals surface area contributed by atoms with Gasteiger partial charge in [0.15, 0.2) is 11.5 Å². The van der Waals surface area contributed by atoms with Crippen LogP contribution in [0.5, 0.6) is 11.5 Å². The summed E-state index contributed by atoms with van der Waals surface area (Å²) in [6.07, 6.45) is 0.569. The maximum atomic E-state index is 11.0. The number of ketones is 1. The van der Waals surface area contributed by atoms with Crippen molar-refractivity contribution in [1.82, 2.24) is 0 Å². The molecule has 0 saturated carbocycles. The summed E-state index contributed by atoms with van der Waals surface area (Å²) in [5, 5.41) is 0. The number of benzene rings is 1. The average Bonchev–Trinajstić information content (AvgIpc) is 2.62. The number of hydrogen-bond donors (Lipinski definition) is 0. The van der Waals surface area contributed by atoms with Gasteiger partial charge in [-0.25, -0.2) is 0 Å². The van der Waals surface area contributed by atoms with Crippen LogP contribution in [0.3, 0.4) is 0 Å². The third kappa shape index (κ3) is 2.12. The smallest absolute Gasteiger partial charge is 0.231 e. The Bertz CT molecular complexity index is 384. The van der Waals surface area contributed by atoms with Gasteiger partial charge in [0.2, 0.25) is 6.79 Å². The first kappa shape index (κ1) is 10.0. The zero-order valence-corrected chi connectivity index (χ0v) is 8.95. The van der Waals surface area contributed by atoms with Crippen molar-refractivity contribution < 1.29 is 14.3 Å². The number of carbonyl (C=O) groups is 1. The van der Waals surface area contributed by atoms with Crippen molar-refractivity contribution in [3.63, 3.8) is 0 Å². The van der Waals surface area contributed by atoms with Gasteiger partial charge < -0.3 is 14.3 Å². The molecule has 0 fully saturated rings. The van der Waals surface area contributed by atoms with E-state index in [1.807, 2.05) is 25.1 Å².